The molecule has 1 aliphatic rings. The Morgan fingerprint density at radius 3 is 2.87 bits per heavy atom. The minimum Gasteiger partial charge on any atom is -0.456 e. The van der Waals surface area contributed by atoms with E-state index in [1.165, 1.54) is 4.70 Å². The van der Waals surface area contributed by atoms with E-state index in [4.69, 9.17) is 4.74 Å². The van der Waals surface area contributed by atoms with E-state index in [1.54, 1.807) is 11.3 Å². The Bertz CT molecular complexity index is 661. The van der Waals surface area contributed by atoms with Gasteiger partial charge in [0.1, 0.15) is 0 Å². The summed E-state index contributed by atoms with van der Waals surface area (Å²) in [6.07, 6.45) is 4.93. The van der Waals surface area contributed by atoms with E-state index in [1.807, 2.05) is 18.2 Å². The lowest BCUT2D eigenvalue weighted by Gasteiger charge is -2.05. The molecule has 3 rings (SSSR count). The molecular weight excluding hydrogens is 312 g/mol. The second-order valence-electron chi connectivity index (χ2n) is 5.78. The smallest absolute Gasteiger partial charge is 0.306 e. The molecule has 23 heavy (non-hydrogen) atoms. The van der Waals surface area contributed by atoms with Crippen molar-refractivity contribution in [3.63, 3.8) is 0 Å². The lowest BCUT2D eigenvalue weighted by molar-refractivity contribution is -0.148. The van der Waals surface area contributed by atoms with Crippen LogP contribution in [-0.2, 0) is 20.7 Å². The number of aryl methyl sites for hydroxylation is 1. The molecular formula is C17H20N2O3S. The molecule has 0 atom stereocenters. The molecule has 0 radical (unpaired) electrons. The zero-order valence-corrected chi connectivity index (χ0v) is 13.7. The topological polar surface area (TPSA) is 68.3 Å². The van der Waals surface area contributed by atoms with Crippen molar-refractivity contribution in [2.45, 2.75) is 44.6 Å². The molecule has 1 aromatic heterocycles. The van der Waals surface area contributed by atoms with Gasteiger partial charge in [-0.3, -0.25) is 9.59 Å². The summed E-state index contributed by atoms with van der Waals surface area (Å²) in [6, 6.07) is 8.39. The number of ether oxygens (including phenoxy) is 1. The molecule has 1 fully saturated rings. The van der Waals surface area contributed by atoms with Crippen molar-refractivity contribution in [2.24, 2.45) is 0 Å². The maximum atomic E-state index is 11.6. The Labute approximate surface area is 139 Å². The van der Waals surface area contributed by atoms with Gasteiger partial charge in [0.05, 0.1) is 15.2 Å². The Morgan fingerprint density at radius 1 is 1.26 bits per heavy atom. The Kier molecular flexibility index (Phi) is 5.23. The fraction of sp³-hybridized carbons (Fsp3) is 0.471. The molecule has 122 valence electrons. The van der Waals surface area contributed by atoms with Crippen LogP contribution in [0.3, 0.4) is 0 Å². The van der Waals surface area contributed by atoms with Crippen molar-refractivity contribution >= 4 is 33.4 Å². The Balaban J connectivity index is 1.31. The second kappa shape index (κ2) is 7.55. The van der Waals surface area contributed by atoms with Crippen LogP contribution in [0, 0.1) is 0 Å². The van der Waals surface area contributed by atoms with Gasteiger partial charge in [0.15, 0.2) is 6.61 Å². The van der Waals surface area contributed by atoms with Crippen molar-refractivity contribution in [1.29, 1.82) is 0 Å². The van der Waals surface area contributed by atoms with E-state index < -0.39 is 0 Å². The average molecular weight is 332 g/mol. The SMILES string of the molecule is O=C(COC(=O)CCCCc1nc2ccccc2s1)NC1CC1. The highest BCUT2D eigenvalue weighted by Gasteiger charge is 2.23. The average Bonchev–Trinajstić information content (AvgIpc) is 3.25. The first-order valence-electron chi connectivity index (χ1n) is 8.00. The fourth-order valence-electron chi connectivity index (χ4n) is 2.29. The van der Waals surface area contributed by atoms with Gasteiger partial charge in [-0.1, -0.05) is 12.1 Å². The lowest BCUT2D eigenvalue weighted by atomic mass is 10.2. The number of hydrogen-bond acceptors (Lipinski definition) is 5. The molecule has 5 nitrogen and oxygen atoms in total. The van der Waals surface area contributed by atoms with E-state index in [0.717, 1.165) is 42.6 Å². The number of carbonyl (C=O) groups is 2. The van der Waals surface area contributed by atoms with Crippen LogP contribution in [0.2, 0.25) is 0 Å². The van der Waals surface area contributed by atoms with Crippen LogP contribution in [0.25, 0.3) is 10.2 Å². The van der Waals surface area contributed by atoms with Crippen molar-refractivity contribution in [3.05, 3.63) is 29.3 Å². The van der Waals surface area contributed by atoms with Crippen LogP contribution in [0.1, 0.15) is 37.1 Å². The first-order chi connectivity index (χ1) is 11.2. The molecule has 1 N–H and O–H groups in total. The van der Waals surface area contributed by atoms with Crippen molar-refractivity contribution in [3.8, 4) is 0 Å². The largest absolute Gasteiger partial charge is 0.456 e. The monoisotopic (exact) mass is 332 g/mol. The molecule has 1 aliphatic carbocycles. The van der Waals surface area contributed by atoms with Crippen LogP contribution in [-0.4, -0.2) is 29.5 Å². The summed E-state index contributed by atoms with van der Waals surface area (Å²) in [5.41, 5.74) is 1.04. The number of rotatable bonds is 8. The summed E-state index contributed by atoms with van der Waals surface area (Å²) in [4.78, 5) is 27.6. The maximum absolute atomic E-state index is 11.6. The van der Waals surface area contributed by atoms with Crippen LogP contribution >= 0.6 is 11.3 Å². The fourth-order valence-corrected chi connectivity index (χ4v) is 3.30. The molecule has 1 heterocycles. The number of nitrogens with one attached hydrogen (secondary N) is 1. The summed E-state index contributed by atoms with van der Waals surface area (Å²) in [5, 5.41) is 3.89. The summed E-state index contributed by atoms with van der Waals surface area (Å²) in [5.74, 6) is -0.504. The van der Waals surface area contributed by atoms with Gasteiger partial charge in [-0.25, -0.2) is 4.98 Å². The molecule has 0 aliphatic heterocycles. The number of benzene rings is 1. The number of para-hydroxylation sites is 1. The first-order valence-corrected chi connectivity index (χ1v) is 8.82. The van der Waals surface area contributed by atoms with Gasteiger partial charge in [-0.2, -0.15) is 0 Å². The van der Waals surface area contributed by atoms with Crippen molar-refractivity contribution in [2.75, 3.05) is 6.61 Å². The number of esters is 1. The van der Waals surface area contributed by atoms with Gasteiger partial charge in [-0.15, -0.1) is 11.3 Å². The Morgan fingerprint density at radius 2 is 2.09 bits per heavy atom. The van der Waals surface area contributed by atoms with E-state index >= 15 is 0 Å². The molecule has 0 bridgehead atoms. The maximum Gasteiger partial charge on any atom is 0.306 e. The molecule has 1 saturated carbocycles. The zero-order valence-electron chi connectivity index (χ0n) is 12.9. The summed E-state index contributed by atoms with van der Waals surface area (Å²) in [7, 11) is 0. The summed E-state index contributed by atoms with van der Waals surface area (Å²) < 4.78 is 6.17. The summed E-state index contributed by atoms with van der Waals surface area (Å²) in [6.45, 7) is -0.160. The van der Waals surface area contributed by atoms with E-state index in [-0.39, 0.29) is 18.5 Å². The predicted molar refractivity (Wildman–Crippen MR) is 89.3 cm³/mol. The third-order valence-corrected chi connectivity index (χ3v) is 4.76. The number of thiazole rings is 1. The van der Waals surface area contributed by atoms with E-state index in [2.05, 4.69) is 16.4 Å². The molecule has 0 saturated heterocycles. The van der Waals surface area contributed by atoms with Gasteiger partial charge in [0, 0.05) is 12.5 Å². The van der Waals surface area contributed by atoms with E-state index in [0.29, 0.717) is 12.5 Å². The Hall–Kier alpha value is -1.95. The minimum atomic E-state index is -0.305. The van der Waals surface area contributed by atoms with E-state index in [9.17, 15) is 9.59 Å². The van der Waals surface area contributed by atoms with Crippen molar-refractivity contribution < 1.29 is 14.3 Å². The molecule has 2 aromatic rings. The molecule has 1 aromatic carbocycles. The van der Waals surface area contributed by atoms with Gasteiger partial charge in [0.25, 0.3) is 5.91 Å². The zero-order chi connectivity index (χ0) is 16.1. The van der Waals surface area contributed by atoms with Crippen molar-refractivity contribution in [1.82, 2.24) is 10.3 Å². The van der Waals surface area contributed by atoms with Crippen LogP contribution in [0.5, 0.6) is 0 Å². The third kappa shape index (κ3) is 5.03. The second-order valence-corrected chi connectivity index (χ2v) is 6.90. The minimum absolute atomic E-state index is 0.160. The number of nitrogens with zero attached hydrogens (tertiary/aromatic N) is 1. The van der Waals surface area contributed by atoms with Gasteiger partial charge in [0.2, 0.25) is 0 Å². The lowest BCUT2D eigenvalue weighted by Crippen LogP contribution is -2.30. The molecule has 6 heteroatoms. The van der Waals surface area contributed by atoms with Crippen LogP contribution in [0.15, 0.2) is 24.3 Å². The standard InChI is InChI=1S/C17H20N2O3S/c20-15(18-12-9-10-12)11-22-17(21)8-4-3-7-16-19-13-5-1-2-6-14(13)23-16/h1-2,5-6,12H,3-4,7-11H2,(H,18,20). The third-order valence-electron chi connectivity index (χ3n) is 3.67. The van der Waals surface area contributed by atoms with Crippen LogP contribution in [0.4, 0.5) is 0 Å². The molecule has 1 amide bonds. The predicted octanol–water partition coefficient (Wildman–Crippen LogP) is 2.83. The first kappa shape index (κ1) is 15.9. The van der Waals surface area contributed by atoms with Gasteiger partial charge < -0.3 is 10.1 Å². The molecule has 0 spiro atoms. The number of fused-ring (bicyclic) bond motifs is 1. The number of carbonyl (C=O) groups excluding carboxylic acids is 2. The number of amides is 1. The normalized spacial score (nSPS) is 13.9. The van der Waals surface area contributed by atoms with Gasteiger partial charge >= 0.3 is 5.97 Å². The highest BCUT2D eigenvalue weighted by molar-refractivity contribution is 7.18. The van der Waals surface area contributed by atoms with Gasteiger partial charge in [-0.05, 0) is 44.2 Å². The number of aromatic nitrogens is 1. The number of hydrogen-bond donors (Lipinski definition) is 1. The highest BCUT2D eigenvalue weighted by Crippen LogP contribution is 2.23. The number of unbranched alkanes of at least 4 members (excludes halogenated alkanes) is 1. The quantitative estimate of drug-likeness (QED) is 0.596. The highest BCUT2D eigenvalue weighted by atomic mass is 32.1. The van der Waals surface area contributed by atoms with Crippen LogP contribution < -0.4 is 5.32 Å². The summed E-state index contributed by atoms with van der Waals surface area (Å²) >= 11 is 1.70. The molecule has 0 unspecified atom stereocenters.